The van der Waals surface area contributed by atoms with Gasteiger partial charge in [0.2, 0.25) is 0 Å². The minimum Gasteiger partial charge on any atom is -0.394 e. The number of aryl methyl sites for hydroxylation is 1. The monoisotopic (exact) mass is 381 g/mol. The van der Waals surface area contributed by atoms with E-state index >= 15 is 0 Å². The zero-order chi connectivity index (χ0) is 19.7. The Morgan fingerprint density at radius 3 is 2.46 bits per heavy atom. The minimum atomic E-state index is -1.06. The fourth-order valence-corrected chi connectivity index (χ4v) is 4.04. The van der Waals surface area contributed by atoms with Crippen molar-refractivity contribution in [2.24, 2.45) is 0 Å². The number of aliphatic hydroxyl groups excluding tert-OH is 3. The molecule has 4 atom stereocenters. The van der Waals surface area contributed by atoms with Gasteiger partial charge >= 0.3 is 0 Å². The number of para-hydroxylation sites is 1. The first-order valence-electron chi connectivity index (χ1n) is 9.88. The van der Waals surface area contributed by atoms with Crippen molar-refractivity contribution in [1.29, 1.82) is 0 Å². The first-order valence-corrected chi connectivity index (χ1v) is 9.88. The van der Waals surface area contributed by atoms with Crippen LogP contribution >= 0.6 is 0 Å². The van der Waals surface area contributed by atoms with Gasteiger partial charge in [-0.05, 0) is 23.6 Å². The van der Waals surface area contributed by atoms with Gasteiger partial charge in [0.25, 0.3) is 0 Å². The van der Waals surface area contributed by atoms with Gasteiger partial charge in [-0.1, -0.05) is 49.4 Å². The van der Waals surface area contributed by atoms with Crippen LogP contribution in [0.4, 0.5) is 0 Å². The van der Waals surface area contributed by atoms with Crippen molar-refractivity contribution >= 4 is 10.9 Å². The van der Waals surface area contributed by atoms with E-state index in [9.17, 15) is 15.3 Å². The van der Waals surface area contributed by atoms with Crippen LogP contribution in [0.2, 0.25) is 0 Å². The summed E-state index contributed by atoms with van der Waals surface area (Å²) in [6.07, 6.45) is 0.266. The van der Waals surface area contributed by atoms with Gasteiger partial charge in [-0.25, -0.2) is 0 Å². The molecule has 1 aromatic heterocycles. The highest BCUT2D eigenvalue weighted by atomic mass is 16.5. The van der Waals surface area contributed by atoms with Crippen LogP contribution < -0.4 is 0 Å². The number of nitrogens with zero attached hydrogens (tertiary/aromatic N) is 1. The standard InChI is InChI=1S/C23H27NO4/c1-2-15-7-9-16(10-8-15)12-24-13-18(17-5-3-4-6-19(17)24)21-11-20(26)23(27)22(14-25)28-21/h3-10,13,20-23,25-27H,2,11-12,14H2,1H3/t20-,21-,22-,23-/m1/s1. The van der Waals surface area contributed by atoms with Crippen LogP contribution in [0.5, 0.6) is 0 Å². The Kier molecular flexibility index (Phi) is 5.51. The lowest BCUT2D eigenvalue weighted by Gasteiger charge is -2.36. The summed E-state index contributed by atoms with van der Waals surface area (Å²) in [4.78, 5) is 0. The number of hydrogen-bond donors (Lipinski definition) is 3. The molecule has 148 valence electrons. The molecule has 5 nitrogen and oxygen atoms in total. The Morgan fingerprint density at radius 2 is 1.75 bits per heavy atom. The fourth-order valence-electron chi connectivity index (χ4n) is 4.04. The van der Waals surface area contributed by atoms with E-state index in [-0.39, 0.29) is 12.7 Å². The maximum absolute atomic E-state index is 10.2. The average Bonchev–Trinajstić information content (AvgIpc) is 3.09. The Labute approximate surface area is 164 Å². The number of aliphatic hydroxyl groups is 3. The van der Waals surface area contributed by atoms with E-state index in [4.69, 9.17) is 4.74 Å². The average molecular weight is 381 g/mol. The van der Waals surface area contributed by atoms with Crippen LogP contribution in [0.25, 0.3) is 10.9 Å². The Bertz CT molecular complexity index is 933. The SMILES string of the molecule is CCc1ccc(Cn2cc([C@H]3C[C@@H](O)[C@@H](O)[C@@H](CO)O3)c3ccccc32)cc1. The second-order valence-electron chi connectivity index (χ2n) is 7.54. The molecule has 0 bridgehead atoms. The molecule has 0 amide bonds. The first kappa shape index (κ1) is 19.2. The summed E-state index contributed by atoms with van der Waals surface area (Å²) in [5.74, 6) is 0. The summed E-state index contributed by atoms with van der Waals surface area (Å²) < 4.78 is 8.13. The third kappa shape index (κ3) is 3.59. The molecule has 3 aromatic rings. The highest BCUT2D eigenvalue weighted by Crippen LogP contribution is 2.36. The van der Waals surface area contributed by atoms with Crippen molar-refractivity contribution in [1.82, 2.24) is 4.57 Å². The molecule has 28 heavy (non-hydrogen) atoms. The van der Waals surface area contributed by atoms with Gasteiger partial charge in [-0.15, -0.1) is 0 Å². The Morgan fingerprint density at radius 1 is 1.04 bits per heavy atom. The fraction of sp³-hybridized carbons (Fsp3) is 0.391. The summed E-state index contributed by atoms with van der Waals surface area (Å²) in [6, 6.07) is 16.8. The zero-order valence-corrected chi connectivity index (χ0v) is 16.0. The lowest BCUT2D eigenvalue weighted by molar-refractivity contribution is -0.181. The molecule has 0 aliphatic carbocycles. The lowest BCUT2D eigenvalue weighted by atomic mass is 9.94. The van der Waals surface area contributed by atoms with Gasteiger partial charge in [0.1, 0.15) is 12.2 Å². The third-order valence-corrected chi connectivity index (χ3v) is 5.70. The highest BCUT2D eigenvalue weighted by Gasteiger charge is 2.37. The van der Waals surface area contributed by atoms with Crippen LogP contribution in [-0.4, -0.2) is 44.8 Å². The number of fused-ring (bicyclic) bond motifs is 1. The molecular weight excluding hydrogens is 354 g/mol. The molecule has 2 aromatic carbocycles. The summed E-state index contributed by atoms with van der Waals surface area (Å²) in [6.45, 7) is 2.57. The van der Waals surface area contributed by atoms with Crippen molar-refractivity contribution < 1.29 is 20.1 Å². The second kappa shape index (κ2) is 8.05. The zero-order valence-electron chi connectivity index (χ0n) is 16.0. The molecule has 3 N–H and O–H groups in total. The van der Waals surface area contributed by atoms with Crippen molar-refractivity contribution in [3.05, 3.63) is 71.4 Å². The molecule has 5 heteroatoms. The molecule has 0 unspecified atom stereocenters. The smallest absolute Gasteiger partial charge is 0.110 e. The van der Waals surface area contributed by atoms with Crippen molar-refractivity contribution in [2.75, 3.05) is 6.61 Å². The summed E-state index contributed by atoms with van der Waals surface area (Å²) in [5.41, 5.74) is 4.62. The highest BCUT2D eigenvalue weighted by molar-refractivity contribution is 5.84. The maximum Gasteiger partial charge on any atom is 0.110 e. The van der Waals surface area contributed by atoms with E-state index in [1.54, 1.807) is 0 Å². The molecular formula is C23H27NO4. The Hall–Kier alpha value is -2.18. The quantitative estimate of drug-likeness (QED) is 0.635. The van der Waals surface area contributed by atoms with E-state index in [1.165, 1.54) is 11.1 Å². The van der Waals surface area contributed by atoms with Crippen molar-refractivity contribution in [3.8, 4) is 0 Å². The number of hydrogen-bond acceptors (Lipinski definition) is 4. The molecule has 2 heterocycles. The molecule has 0 saturated carbocycles. The van der Waals surface area contributed by atoms with E-state index in [2.05, 4.69) is 54.1 Å². The van der Waals surface area contributed by atoms with E-state index in [0.29, 0.717) is 6.42 Å². The molecule has 0 spiro atoms. The summed E-state index contributed by atoms with van der Waals surface area (Å²) in [7, 11) is 0. The topological polar surface area (TPSA) is 74.9 Å². The number of benzene rings is 2. The molecule has 0 radical (unpaired) electrons. The summed E-state index contributed by atoms with van der Waals surface area (Å²) >= 11 is 0. The predicted octanol–water partition coefficient (Wildman–Crippen LogP) is 2.80. The van der Waals surface area contributed by atoms with Gasteiger partial charge < -0.3 is 24.6 Å². The largest absolute Gasteiger partial charge is 0.394 e. The van der Waals surface area contributed by atoms with Gasteiger partial charge in [-0.2, -0.15) is 0 Å². The second-order valence-corrected chi connectivity index (χ2v) is 7.54. The maximum atomic E-state index is 10.2. The van der Waals surface area contributed by atoms with Crippen LogP contribution in [0.15, 0.2) is 54.7 Å². The Balaban J connectivity index is 1.68. The van der Waals surface area contributed by atoms with Gasteiger partial charge in [-0.3, -0.25) is 0 Å². The van der Waals surface area contributed by atoms with Crippen LogP contribution in [-0.2, 0) is 17.7 Å². The van der Waals surface area contributed by atoms with Crippen molar-refractivity contribution in [3.63, 3.8) is 0 Å². The van der Waals surface area contributed by atoms with Crippen molar-refractivity contribution in [2.45, 2.75) is 50.7 Å². The predicted molar refractivity (Wildman–Crippen MR) is 108 cm³/mol. The molecule has 4 rings (SSSR count). The lowest BCUT2D eigenvalue weighted by Crippen LogP contribution is -2.47. The number of aromatic nitrogens is 1. The van der Waals surface area contributed by atoms with Crippen LogP contribution in [0.3, 0.4) is 0 Å². The van der Waals surface area contributed by atoms with E-state index in [0.717, 1.165) is 29.4 Å². The number of ether oxygens (including phenoxy) is 1. The molecule has 1 aliphatic heterocycles. The molecule has 1 aliphatic rings. The van der Waals surface area contributed by atoms with E-state index < -0.39 is 18.3 Å². The number of rotatable bonds is 5. The van der Waals surface area contributed by atoms with Crippen LogP contribution in [0.1, 0.15) is 36.1 Å². The minimum absolute atomic E-state index is 0.302. The van der Waals surface area contributed by atoms with Gasteiger partial charge in [0, 0.05) is 35.6 Å². The summed E-state index contributed by atoms with van der Waals surface area (Å²) in [5, 5.41) is 30.8. The van der Waals surface area contributed by atoms with Gasteiger partial charge in [0.15, 0.2) is 0 Å². The van der Waals surface area contributed by atoms with Crippen LogP contribution in [0, 0.1) is 0 Å². The molecule has 1 fully saturated rings. The third-order valence-electron chi connectivity index (χ3n) is 5.70. The normalized spacial score (nSPS) is 25.3. The van der Waals surface area contributed by atoms with Gasteiger partial charge in [0.05, 0.1) is 18.8 Å². The molecule has 1 saturated heterocycles. The van der Waals surface area contributed by atoms with E-state index in [1.807, 2.05) is 12.1 Å². The first-order chi connectivity index (χ1) is 13.6.